The first kappa shape index (κ1) is 26.5. The van der Waals surface area contributed by atoms with Crippen LogP contribution in [0.15, 0.2) is 47.4 Å². The smallest absolute Gasteiger partial charge is 0.383 e. The van der Waals surface area contributed by atoms with Gasteiger partial charge in [-0.3, -0.25) is 0 Å². The number of alkyl halides is 6. The van der Waals surface area contributed by atoms with Crippen LogP contribution in [0.25, 0.3) is 5.69 Å². The summed E-state index contributed by atoms with van der Waals surface area (Å²) in [5, 5.41) is 11.1. The summed E-state index contributed by atoms with van der Waals surface area (Å²) in [5.74, 6) is -0.902. The normalized spacial score (nSPS) is 12.5. The van der Waals surface area contributed by atoms with Gasteiger partial charge in [0.05, 0.1) is 15.6 Å². The summed E-state index contributed by atoms with van der Waals surface area (Å²) in [6.45, 7) is 2.08. The zero-order valence-electron chi connectivity index (χ0n) is 16.3. The van der Waals surface area contributed by atoms with Crippen LogP contribution in [0.5, 0.6) is 0 Å². The largest absolute Gasteiger partial charge is 0.476 e. The average Bonchev–Trinajstić information content (AvgIpc) is 3.02. The van der Waals surface area contributed by atoms with E-state index in [1.165, 1.54) is 11.6 Å². The molecule has 0 aliphatic heterocycles. The number of hydrogen-bond donors (Lipinski definition) is 1. The van der Waals surface area contributed by atoms with Crippen LogP contribution in [0.1, 0.15) is 16.8 Å². The Hall–Kier alpha value is -2.75. The fourth-order valence-electron chi connectivity index (χ4n) is 2.42. The summed E-state index contributed by atoms with van der Waals surface area (Å²) in [5.41, 5.74) is -1.10. The second-order valence-corrected chi connectivity index (χ2v) is 8.47. The van der Waals surface area contributed by atoms with Crippen molar-refractivity contribution in [2.75, 3.05) is 5.73 Å². The van der Waals surface area contributed by atoms with Gasteiger partial charge in [0.15, 0.2) is 16.5 Å². The van der Waals surface area contributed by atoms with Crippen molar-refractivity contribution < 1.29 is 30.6 Å². The predicted octanol–water partition coefficient (Wildman–Crippen LogP) is 6.27. The number of hydrogen-bond acceptors (Lipinski definition) is 4. The van der Waals surface area contributed by atoms with Crippen molar-refractivity contribution in [3.8, 4) is 11.8 Å². The average molecular weight is 529 g/mol. The van der Waals surface area contributed by atoms with E-state index in [1.807, 2.05) is 18.2 Å². The van der Waals surface area contributed by atoms with Gasteiger partial charge in [-0.05, 0) is 19.1 Å². The molecule has 2 N–H and O–H groups in total. The molecule has 0 bridgehead atoms. The van der Waals surface area contributed by atoms with Crippen molar-refractivity contribution in [2.45, 2.75) is 23.5 Å². The number of nitriles is 1. The van der Waals surface area contributed by atoms with Crippen LogP contribution >= 0.6 is 23.2 Å². The first-order valence-corrected chi connectivity index (χ1v) is 10.4. The molecular formula is C19H12Cl2F6N4OS. The van der Waals surface area contributed by atoms with E-state index in [0.29, 0.717) is 16.8 Å². The van der Waals surface area contributed by atoms with Crippen molar-refractivity contribution in [3.05, 3.63) is 69.3 Å². The molecule has 1 aromatic heterocycles. The summed E-state index contributed by atoms with van der Waals surface area (Å²) in [4.78, 5) is -1.15. The lowest BCUT2D eigenvalue weighted by molar-refractivity contribution is -0.137. The summed E-state index contributed by atoms with van der Waals surface area (Å²) in [6.07, 6.45) is -4.79. The van der Waals surface area contributed by atoms with E-state index < -0.39 is 60.2 Å². The number of benzene rings is 2. The van der Waals surface area contributed by atoms with Crippen LogP contribution in [-0.4, -0.2) is 19.5 Å². The molecule has 3 aromatic rings. The van der Waals surface area contributed by atoms with Gasteiger partial charge in [0, 0.05) is 0 Å². The molecule has 0 radical (unpaired) electrons. The number of aromatic nitrogens is 2. The quantitative estimate of drug-likeness (QED) is 0.397. The third-order valence-corrected chi connectivity index (χ3v) is 5.64. The number of rotatable bonds is 2. The molecule has 14 heteroatoms. The van der Waals surface area contributed by atoms with E-state index in [1.54, 1.807) is 0 Å². The number of nitrogens with two attached hydrogens (primary N) is 1. The number of anilines is 1. The van der Waals surface area contributed by atoms with Gasteiger partial charge in [0.1, 0.15) is 22.5 Å². The van der Waals surface area contributed by atoms with Crippen LogP contribution in [0.2, 0.25) is 10.0 Å². The number of nitrogens with zero attached hydrogens (tertiary/aromatic N) is 3. The molecule has 0 saturated carbocycles. The van der Waals surface area contributed by atoms with Gasteiger partial charge in [-0.25, -0.2) is 8.89 Å². The zero-order valence-corrected chi connectivity index (χ0v) is 18.6. The first-order chi connectivity index (χ1) is 15.2. The highest BCUT2D eigenvalue weighted by Gasteiger charge is 2.42. The first-order valence-electron chi connectivity index (χ1n) is 8.54. The van der Waals surface area contributed by atoms with Crippen LogP contribution in [-0.2, 0) is 17.0 Å². The minimum absolute atomic E-state index is 0.433. The van der Waals surface area contributed by atoms with Gasteiger partial charge in [-0.15, -0.1) is 0 Å². The maximum atomic E-state index is 12.7. The van der Waals surface area contributed by atoms with Crippen molar-refractivity contribution >= 4 is 39.8 Å². The molecule has 0 amide bonds. The maximum Gasteiger partial charge on any atom is 0.476 e. The lowest BCUT2D eigenvalue weighted by atomic mass is 10.2. The molecule has 5 nitrogen and oxygen atoms in total. The second kappa shape index (κ2) is 10.0. The highest BCUT2D eigenvalue weighted by molar-refractivity contribution is 7.86. The van der Waals surface area contributed by atoms with Gasteiger partial charge >= 0.3 is 11.7 Å². The maximum absolute atomic E-state index is 12.7. The van der Waals surface area contributed by atoms with Gasteiger partial charge in [-0.1, -0.05) is 59.1 Å². The molecule has 2 aromatic carbocycles. The zero-order chi connectivity index (χ0) is 25.1. The molecule has 0 spiro atoms. The third kappa shape index (κ3) is 6.19. The van der Waals surface area contributed by atoms with Gasteiger partial charge in [0.2, 0.25) is 0 Å². The number of halogens is 8. The fourth-order valence-corrected chi connectivity index (χ4v) is 3.84. The fraction of sp³-hybridized carbons (Fsp3) is 0.158. The summed E-state index contributed by atoms with van der Waals surface area (Å²) in [7, 11) is -3.71. The van der Waals surface area contributed by atoms with E-state index in [-0.39, 0.29) is 0 Å². The molecule has 3 rings (SSSR count). The minimum Gasteiger partial charge on any atom is -0.383 e. The van der Waals surface area contributed by atoms with E-state index in [2.05, 4.69) is 24.2 Å². The van der Waals surface area contributed by atoms with Crippen molar-refractivity contribution in [3.63, 3.8) is 0 Å². The minimum atomic E-state index is -5.25. The number of nitrogen functional groups attached to an aromatic ring is 1. The van der Waals surface area contributed by atoms with Crippen molar-refractivity contribution in [2.24, 2.45) is 0 Å². The van der Waals surface area contributed by atoms with Crippen molar-refractivity contribution in [1.82, 2.24) is 9.78 Å². The Bertz CT molecular complexity index is 1200. The third-order valence-electron chi connectivity index (χ3n) is 3.87. The van der Waals surface area contributed by atoms with Crippen molar-refractivity contribution in [1.29, 1.82) is 5.26 Å². The molecule has 0 saturated heterocycles. The SMILES string of the molecule is Cc1ccccc1.N#Cc1nn(-c2c(Cl)cc(C(F)(F)F)cc2Cl)c(N)c1S(=O)C(F)(F)F. The van der Waals surface area contributed by atoms with Crippen LogP contribution in [0.4, 0.5) is 32.2 Å². The molecule has 0 fully saturated rings. The highest BCUT2D eigenvalue weighted by Crippen LogP contribution is 2.40. The van der Waals surface area contributed by atoms with E-state index in [4.69, 9.17) is 34.2 Å². The lowest BCUT2D eigenvalue weighted by Crippen LogP contribution is -2.18. The molecule has 1 heterocycles. The molecule has 176 valence electrons. The predicted molar refractivity (Wildman–Crippen MR) is 111 cm³/mol. The van der Waals surface area contributed by atoms with Crippen LogP contribution in [0.3, 0.4) is 0 Å². The van der Waals surface area contributed by atoms with Crippen LogP contribution in [0, 0.1) is 18.3 Å². The Labute approximate surface area is 195 Å². The van der Waals surface area contributed by atoms with E-state index >= 15 is 0 Å². The second-order valence-electron chi connectivity index (χ2n) is 6.24. The van der Waals surface area contributed by atoms with E-state index in [9.17, 15) is 30.6 Å². The summed E-state index contributed by atoms with van der Waals surface area (Å²) >= 11 is 11.5. The highest BCUT2D eigenvalue weighted by atomic mass is 35.5. The Morgan fingerprint density at radius 2 is 1.58 bits per heavy atom. The molecule has 1 atom stereocenters. The Balaban J connectivity index is 0.000000468. The Morgan fingerprint density at radius 3 is 1.94 bits per heavy atom. The molecule has 1 unspecified atom stereocenters. The molecular weight excluding hydrogens is 517 g/mol. The van der Waals surface area contributed by atoms with E-state index in [0.717, 1.165) is 0 Å². The molecule has 0 aliphatic carbocycles. The number of aryl methyl sites for hydroxylation is 1. The van der Waals surface area contributed by atoms with Gasteiger partial charge in [-0.2, -0.15) is 36.7 Å². The van der Waals surface area contributed by atoms with Crippen LogP contribution < -0.4 is 5.73 Å². The summed E-state index contributed by atoms with van der Waals surface area (Å²) in [6, 6.07) is 12.5. The molecule has 33 heavy (non-hydrogen) atoms. The molecule has 0 aliphatic rings. The van der Waals surface area contributed by atoms with Gasteiger partial charge in [0.25, 0.3) is 0 Å². The Kier molecular flexibility index (Phi) is 8.05. The van der Waals surface area contributed by atoms with Gasteiger partial charge < -0.3 is 5.73 Å². The monoisotopic (exact) mass is 528 g/mol. The Morgan fingerprint density at radius 1 is 1.06 bits per heavy atom. The topological polar surface area (TPSA) is 84.7 Å². The lowest BCUT2D eigenvalue weighted by Gasteiger charge is -2.13. The standard InChI is InChI=1S/C12H4Cl2F6N4OS.C7H8/c13-5-1-4(11(15,16)17)2-6(14)8(5)24-10(22)9(7(3-21)23-24)26(25)12(18,19)20;1-7-5-3-2-4-6-7/h1-2H,22H2;2-6H,1H3. The summed E-state index contributed by atoms with van der Waals surface area (Å²) < 4.78 is 88.4.